The van der Waals surface area contributed by atoms with E-state index in [0.29, 0.717) is 34.6 Å². The molecule has 2 aromatic heterocycles. The van der Waals surface area contributed by atoms with E-state index < -0.39 is 5.82 Å². The summed E-state index contributed by atoms with van der Waals surface area (Å²) in [6.07, 6.45) is 1.37. The summed E-state index contributed by atoms with van der Waals surface area (Å²) in [7, 11) is 0. The number of nitrogen functional groups attached to an aromatic ring is 1. The SMILES string of the molecule is CCn1nc(-c2cc(OC(C)C)ccc2F)c2c(N)ncnc21. The van der Waals surface area contributed by atoms with Gasteiger partial charge in [0.25, 0.3) is 0 Å². The Bertz CT molecular complexity index is 859. The molecule has 2 N–H and O–H groups in total. The first-order valence-corrected chi connectivity index (χ1v) is 7.44. The number of anilines is 1. The van der Waals surface area contributed by atoms with Gasteiger partial charge in [-0.2, -0.15) is 5.10 Å². The summed E-state index contributed by atoms with van der Waals surface area (Å²) < 4.78 is 21.7. The zero-order valence-corrected chi connectivity index (χ0v) is 13.2. The number of benzene rings is 1. The molecule has 7 heteroatoms. The van der Waals surface area contributed by atoms with Crippen LogP contribution in [0.5, 0.6) is 5.75 Å². The molecule has 0 unspecified atom stereocenters. The Morgan fingerprint density at radius 2 is 2.09 bits per heavy atom. The lowest BCUT2D eigenvalue weighted by molar-refractivity contribution is 0.242. The Kier molecular flexibility index (Phi) is 3.85. The normalized spacial score (nSPS) is 11.3. The summed E-state index contributed by atoms with van der Waals surface area (Å²) >= 11 is 0. The van der Waals surface area contributed by atoms with Gasteiger partial charge in [0.1, 0.15) is 29.4 Å². The fraction of sp³-hybridized carbons (Fsp3) is 0.312. The van der Waals surface area contributed by atoms with Crippen molar-refractivity contribution in [3.05, 3.63) is 30.3 Å². The molecule has 0 atom stereocenters. The number of nitrogens with zero attached hydrogens (tertiary/aromatic N) is 4. The van der Waals surface area contributed by atoms with Gasteiger partial charge in [0.05, 0.1) is 11.5 Å². The summed E-state index contributed by atoms with van der Waals surface area (Å²) in [4.78, 5) is 8.22. The molecule has 23 heavy (non-hydrogen) atoms. The molecule has 0 spiro atoms. The zero-order valence-electron chi connectivity index (χ0n) is 13.2. The monoisotopic (exact) mass is 315 g/mol. The van der Waals surface area contributed by atoms with Crippen LogP contribution >= 0.6 is 0 Å². The van der Waals surface area contributed by atoms with Crippen molar-refractivity contribution in [2.75, 3.05) is 5.73 Å². The number of aryl methyl sites for hydroxylation is 1. The Balaban J connectivity index is 2.24. The Hall–Kier alpha value is -2.70. The standard InChI is InChI=1S/C16H18FN5O/c1-4-22-16-13(15(18)19-8-20-16)14(21-22)11-7-10(23-9(2)3)5-6-12(11)17/h5-9H,4H2,1-3H3,(H2,18,19,20). The molecule has 0 aliphatic heterocycles. The lowest BCUT2D eigenvalue weighted by Crippen LogP contribution is -2.05. The molecule has 0 aliphatic rings. The molecule has 120 valence electrons. The van der Waals surface area contributed by atoms with Gasteiger partial charge in [0, 0.05) is 12.1 Å². The van der Waals surface area contributed by atoms with Crippen molar-refractivity contribution in [3.8, 4) is 17.0 Å². The Labute approximate surface area is 133 Å². The van der Waals surface area contributed by atoms with Gasteiger partial charge in [-0.25, -0.2) is 19.0 Å². The van der Waals surface area contributed by atoms with Crippen LogP contribution < -0.4 is 10.5 Å². The first-order valence-electron chi connectivity index (χ1n) is 7.44. The number of rotatable bonds is 4. The predicted molar refractivity (Wildman–Crippen MR) is 86.6 cm³/mol. The van der Waals surface area contributed by atoms with Gasteiger partial charge in [0.2, 0.25) is 0 Å². The highest BCUT2D eigenvalue weighted by Crippen LogP contribution is 2.33. The smallest absolute Gasteiger partial charge is 0.163 e. The third kappa shape index (κ3) is 2.69. The van der Waals surface area contributed by atoms with E-state index in [4.69, 9.17) is 10.5 Å². The van der Waals surface area contributed by atoms with Gasteiger partial charge in [0.15, 0.2) is 5.65 Å². The largest absolute Gasteiger partial charge is 0.491 e. The highest BCUT2D eigenvalue weighted by Gasteiger charge is 2.19. The van der Waals surface area contributed by atoms with Crippen LogP contribution in [-0.4, -0.2) is 25.9 Å². The van der Waals surface area contributed by atoms with E-state index in [1.54, 1.807) is 16.8 Å². The number of fused-ring (bicyclic) bond motifs is 1. The van der Waals surface area contributed by atoms with Crippen LogP contribution in [0.1, 0.15) is 20.8 Å². The number of hydrogen-bond acceptors (Lipinski definition) is 5. The van der Waals surface area contributed by atoms with Gasteiger partial charge >= 0.3 is 0 Å². The summed E-state index contributed by atoms with van der Waals surface area (Å²) in [6.45, 7) is 6.35. The van der Waals surface area contributed by atoms with Crippen molar-refractivity contribution in [3.63, 3.8) is 0 Å². The highest BCUT2D eigenvalue weighted by molar-refractivity contribution is 5.98. The molecule has 0 bridgehead atoms. The van der Waals surface area contributed by atoms with Crippen LogP contribution in [0.25, 0.3) is 22.3 Å². The van der Waals surface area contributed by atoms with Crippen molar-refractivity contribution in [1.82, 2.24) is 19.7 Å². The lowest BCUT2D eigenvalue weighted by Gasteiger charge is -2.11. The van der Waals surface area contributed by atoms with Crippen LogP contribution in [0.15, 0.2) is 24.5 Å². The molecule has 0 amide bonds. The van der Waals surface area contributed by atoms with E-state index in [1.807, 2.05) is 20.8 Å². The third-order valence-electron chi connectivity index (χ3n) is 3.42. The maximum atomic E-state index is 14.4. The molecule has 2 heterocycles. The van der Waals surface area contributed by atoms with E-state index in [2.05, 4.69) is 15.1 Å². The molecule has 0 fully saturated rings. The number of aromatic nitrogens is 4. The van der Waals surface area contributed by atoms with E-state index in [-0.39, 0.29) is 11.9 Å². The van der Waals surface area contributed by atoms with E-state index in [0.717, 1.165) is 0 Å². The van der Waals surface area contributed by atoms with Gasteiger partial charge in [-0.3, -0.25) is 0 Å². The van der Waals surface area contributed by atoms with Crippen molar-refractivity contribution < 1.29 is 9.13 Å². The van der Waals surface area contributed by atoms with E-state index >= 15 is 0 Å². The average Bonchev–Trinajstić information content (AvgIpc) is 2.89. The Morgan fingerprint density at radius 1 is 1.30 bits per heavy atom. The first-order chi connectivity index (χ1) is 11.0. The molecule has 0 saturated heterocycles. The molecule has 0 aliphatic carbocycles. The fourth-order valence-corrected chi connectivity index (χ4v) is 2.47. The topological polar surface area (TPSA) is 78.9 Å². The second kappa shape index (κ2) is 5.83. The summed E-state index contributed by atoms with van der Waals surface area (Å²) in [6, 6.07) is 4.59. The number of hydrogen-bond donors (Lipinski definition) is 1. The van der Waals surface area contributed by atoms with Gasteiger partial charge < -0.3 is 10.5 Å². The number of halogens is 1. The molecule has 0 saturated carbocycles. The second-order valence-corrected chi connectivity index (χ2v) is 5.43. The molecule has 3 aromatic rings. The number of nitrogens with two attached hydrogens (primary N) is 1. The van der Waals surface area contributed by atoms with Gasteiger partial charge in [-0.05, 0) is 39.0 Å². The lowest BCUT2D eigenvalue weighted by atomic mass is 10.1. The first kappa shape index (κ1) is 15.2. The zero-order chi connectivity index (χ0) is 16.6. The maximum absolute atomic E-state index is 14.4. The van der Waals surface area contributed by atoms with Crippen molar-refractivity contribution in [1.29, 1.82) is 0 Å². The van der Waals surface area contributed by atoms with E-state index in [9.17, 15) is 4.39 Å². The minimum absolute atomic E-state index is 0.00772. The van der Waals surface area contributed by atoms with Crippen molar-refractivity contribution >= 4 is 16.9 Å². The van der Waals surface area contributed by atoms with Crippen LogP contribution in [0.3, 0.4) is 0 Å². The molecule has 1 aromatic carbocycles. The summed E-state index contributed by atoms with van der Waals surface area (Å²) in [5.74, 6) is 0.456. The van der Waals surface area contributed by atoms with Crippen LogP contribution in [-0.2, 0) is 6.54 Å². The van der Waals surface area contributed by atoms with Gasteiger partial charge in [-0.15, -0.1) is 0 Å². The van der Waals surface area contributed by atoms with Crippen molar-refractivity contribution in [2.45, 2.75) is 33.4 Å². The van der Waals surface area contributed by atoms with Crippen LogP contribution in [0.4, 0.5) is 10.2 Å². The fourth-order valence-electron chi connectivity index (χ4n) is 2.47. The Morgan fingerprint density at radius 3 is 2.78 bits per heavy atom. The second-order valence-electron chi connectivity index (χ2n) is 5.43. The van der Waals surface area contributed by atoms with Gasteiger partial charge in [-0.1, -0.05) is 0 Å². The summed E-state index contributed by atoms with van der Waals surface area (Å²) in [5.41, 5.74) is 7.30. The molecule has 0 radical (unpaired) electrons. The minimum Gasteiger partial charge on any atom is -0.491 e. The quantitative estimate of drug-likeness (QED) is 0.800. The molecule has 3 rings (SSSR count). The number of ether oxygens (including phenoxy) is 1. The van der Waals surface area contributed by atoms with Crippen LogP contribution in [0.2, 0.25) is 0 Å². The maximum Gasteiger partial charge on any atom is 0.163 e. The minimum atomic E-state index is -0.396. The molecular weight excluding hydrogens is 297 g/mol. The predicted octanol–water partition coefficient (Wildman–Crippen LogP) is 3.02. The van der Waals surface area contributed by atoms with E-state index in [1.165, 1.54) is 12.4 Å². The summed E-state index contributed by atoms with van der Waals surface area (Å²) in [5, 5.41) is 5.01. The third-order valence-corrected chi connectivity index (χ3v) is 3.42. The van der Waals surface area contributed by atoms with Crippen molar-refractivity contribution in [2.24, 2.45) is 0 Å². The molecular formula is C16H18FN5O. The highest BCUT2D eigenvalue weighted by atomic mass is 19.1. The molecule has 6 nitrogen and oxygen atoms in total. The average molecular weight is 315 g/mol. The van der Waals surface area contributed by atoms with Crippen LogP contribution in [0, 0.1) is 5.82 Å².